The van der Waals surface area contributed by atoms with Crippen molar-refractivity contribution in [3.8, 4) is 5.75 Å². The number of rotatable bonds is 4. The smallest absolute Gasteiger partial charge is 0.166 e. The van der Waals surface area contributed by atoms with Gasteiger partial charge in [-0.05, 0) is 37.0 Å². The van der Waals surface area contributed by atoms with Crippen LogP contribution in [0.5, 0.6) is 5.75 Å². The van der Waals surface area contributed by atoms with Crippen LogP contribution in [0.1, 0.15) is 33.8 Å². The molecule has 2 nitrogen and oxygen atoms in total. The molecule has 2 unspecified atom stereocenters. The van der Waals surface area contributed by atoms with E-state index in [1.807, 2.05) is 43.3 Å². The largest absolute Gasteiger partial charge is 0.497 e. The zero-order chi connectivity index (χ0) is 14.1. The number of hydrogen-bond acceptors (Lipinski definition) is 2. The minimum absolute atomic E-state index is 0.145. The van der Waals surface area contributed by atoms with Gasteiger partial charge in [-0.25, -0.2) is 0 Å². The first kappa shape index (κ1) is 12.9. The Balaban J connectivity index is 1.71. The lowest BCUT2D eigenvalue weighted by Gasteiger charge is -2.03. The Kier molecular flexibility index (Phi) is 3.31. The molecule has 2 aromatic rings. The molecule has 1 aliphatic rings. The molecule has 2 heteroatoms. The van der Waals surface area contributed by atoms with Crippen LogP contribution in [0.3, 0.4) is 0 Å². The number of carbonyl (C=O) groups is 1. The number of ether oxygens (including phenoxy) is 1. The van der Waals surface area contributed by atoms with Crippen LogP contribution in [0.15, 0.2) is 48.5 Å². The molecule has 20 heavy (non-hydrogen) atoms. The lowest BCUT2D eigenvalue weighted by atomic mass is 10.0. The first-order chi connectivity index (χ1) is 9.69. The van der Waals surface area contributed by atoms with Gasteiger partial charge in [-0.1, -0.05) is 42.0 Å². The van der Waals surface area contributed by atoms with Crippen LogP contribution in [0.4, 0.5) is 0 Å². The van der Waals surface area contributed by atoms with Crippen molar-refractivity contribution in [3.63, 3.8) is 0 Å². The molecule has 0 radical (unpaired) electrons. The number of carbonyl (C=O) groups excluding carboxylic acids is 1. The van der Waals surface area contributed by atoms with E-state index < -0.39 is 0 Å². The standard InChI is InChI=1S/C18H18O2/c1-12-3-5-14(6-4-12)18(19)17-11-16(17)13-7-9-15(20-2)10-8-13/h3-10,16-17H,11H2,1-2H3. The van der Waals surface area contributed by atoms with Crippen LogP contribution in [0.25, 0.3) is 0 Å². The molecule has 1 saturated carbocycles. The molecule has 0 spiro atoms. The zero-order valence-electron chi connectivity index (χ0n) is 11.8. The minimum Gasteiger partial charge on any atom is -0.497 e. The summed E-state index contributed by atoms with van der Waals surface area (Å²) in [5, 5.41) is 0. The Morgan fingerprint density at radius 1 is 1.05 bits per heavy atom. The molecule has 0 aromatic heterocycles. The van der Waals surface area contributed by atoms with Crippen LogP contribution >= 0.6 is 0 Å². The van der Waals surface area contributed by atoms with Crippen LogP contribution in [-0.2, 0) is 0 Å². The molecular formula is C18H18O2. The highest BCUT2D eigenvalue weighted by Crippen LogP contribution is 2.49. The summed E-state index contributed by atoms with van der Waals surface area (Å²) >= 11 is 0. The summed E-state index contributed by atoms with van der Waals surface area (Å²) in [6.07, 6.45) is 0.957. The predicted octanol–water partition coefficient (Wildman–Crippen LogP) is 3.99. The van der Waals surface area contributed by atoms with E-state index in [0.29, 0.717) is 5.92 Å². The first-order valence-electron chi connectivity index (χ1n) is 6.94. The van der Waals surface area contributed by atoms with E-state index >= 15 is 0 Å². The van der Waals surface area contributed by atoms with Gasteiger partial charge >= 0.3 is 0 Å². The van der Waals surface area contributed by atoms with E-state index in [1.165, 1.54) is 11.1 Å². The minimum atomic E-state index is 0.145. The van der Waals surface area contributed by atoms with Crippen molar-refractivity contribution < 1.29 is 9.53 Å². The summed E-state index contributed by atoms with van der Waals surface area (Å²) in [5.41, 5.74) is 3.25. The van der Waals surface area contributed by atoms with E-state index in [1.54, 1.807) is 7.11 Å². The molecule has 0 aliphatic heterocycles. The van der Waals surface area contributed by atoms with Gasteiger partial charge in [0.2, 0.25) is 0 Å². The molecule has 102 valence electrons. The molecule has 0 bridgehead atoms. The van der Waals surface area contributed by atoms with E-state index in [4.69, 9.17) is 4.74 Å². The maximum atomic E-state index is 12.4. The SMILES string of the molecule is COc1ccc(C2CC2C(=O)c2ccc(C)cc2)cc1. The Hall–Kier alpha value is -2.09. The first-order valence-corrected chi connectivity index (χ1v) is 6.94. The van der Waals surface area contributed by atoms with Crippen molar-refractivity contribution in [2.45, 2.75) is 19.3 Å². The number of hydrogen-bond donors (Lipinski definition) is 0. The quantitative estimate of drug-likeness (QED) is 0.782. The molecule has 1 aliphatic carbocycles. The highest BCUT2D eigenvalue weighted by molar-refractivity contribution is 6.00. The van der Waals surface area contributed by atoms with Crippen molar-refractivity contribution in [2.75, 3.05) is 7.11 Å². The molecule has 2 aromatic carbocycles. The van der Waals surface area contributed by atoms with Gasteiger partial charge in [-0.2, -0.15) is 0 Å². The number of aryl methyl sites for hydroxylation is 1. The van der Waals surface area contributed by atoms with Crippen LogP contribution in [0.2, 0.25) is 0 Å². The Bertz CT molecular complexity index is 611. The van der Waals surface area contributed by atoms with Gasteiger partial charge in [-0.3, -0.25) is 4.79 Å². The topological polar surface area (TPSA) is 26.3 Å². The van der Waals surface area contributed by atoms with E-state index in [9.17, 15) is 4.79 Å². The van der Waals surface area contributed by atoms with Gasteiger partial charge < -0.3 is 4.74 Å². The lowest BCUT2D eigenvalue weighted by molar-refractivity contribution is 0.0965. The Morgan fingerprint density at radius 2 is 1.70 bits per heavy atom. The van der Waals surface area contributed by atoms with Crippen molar-refractivity contribution in [2.24, 2.45) is 5.92 Å². The molecular weight excluding hydrogens is 248 g/mol. The summed E-state index contributed by atoms with van der Waals surface area (Å²) in [6, 6.07) is 15.9. The molecule has 1 fully saturated rings. The Labute approximate surface area is 119 Å². The Morgan fingerprint density at radius 3 is 2.30 bits per heavy atom. The summed E-state index contributed by atoms with van der Waals surface area (Å²) in [6.45, 7) is 2.03. The molecule has 0 amide bonds. The van der Waals surface area contributed by atoms with Crippen molar-refractivity contribution in [1.29, 1.82) is 0 Å². The van der Waals surface area contributed by atoms with Crippen LogP contribution in [-0.4, -0.2) is 12.9 Å². The fourth-order valence-corrected chi connectivity index (χ4v) is 2.64. The third kappa shape index (κ3) is 2.46. The summed E-state index contributed by atoms with van der Waals surface area (Å²) < 4.78 is 5.16. The van der Waals surface area contributed by atoms with E-state index in [-0.39, 0.29) is 11.7 Å². The highest BCUT2D eigenvalue weighted by Gasteiger charge is 2.43. The monoisotopic (exact) mass is 266 g/mol. The van der Waals surface area contributed by atoms with E-state index in [0.717, 1.165) is 17.7 Å². The maximum absolute atomic E-state index is 12.4. The molecule has 0 heterocycles. The van der Waals surface area contributed by atoms with Gasteiger partial charge in [0.15, 0.2) is 5.78 Å². The van der Waals surface area contributed by atoms with Gasteiger partial charge in [-0.15, -0.1) is 0 Å². The van der Waals surface area contributed by atoms with Crippen molar-refractivity contribution >= 4 is 5.78 Å². The van der Waals surface area contributed by atoms with Crippen LogP contribution < -0.4 is 4.74 Å². The van der Waals surface area contributed by atoms with Crippen LogP contribution in [0, 0.1) is 12.8 Å². The highest BCUT2D eigenvalue weighted by atomic mass is 16.5. The zero-order valence-corrected chi connectivity index (χ0v) is 11.8. The summed E-state index contributed by atoms with van der Waals surface area (Å²) in [7, 11) is 1.66. The predicted molar refractivity (Wildman–Crippen MR) is 79.4 cm³/mol. The average molecular weight is 266 g/mol. The van der Waals surface area contributed by atoms with Crippen molar-refractivity contribution in [3.05, 3.63) is 65.2 Å². The average Bonchev–Trinajstić information content (AvgIpc) is 3.28. The summed E-state index contributed by atoms with van der Waals surface area (Å²) in [4.78, 5) is 12.4. The maximum Gasteiger partial charge on any atom is 0.166 e. The fraction of sp³-hybridized carbons (Fsp3) is 0.278. The molecule has 2 atom stereocenters. The number of benzene rings is 2. The van der Waals surface area contributed by atoms with Gasteiger partial charge in [0.1, 0.15) is 5.75 Å². The molecule has 0 N–H and O–H groups in total. The van der Waals surface area contributed by atoms with E-state index in [2.05, 4.69) is 12.1 Å². The van der Waals surface area contributed by atoms with Crippen molar-refractivity contribution in [1.82, 2.24) is 0 Å². The summed E-state index contributed by atoms with van der Waals surface area (Å²) in [5.74, 6) is 1.64. The second-order valence-corrected chi connectivity index (χ2v) is 5.45. The number of Topliss-reactive ketones (excluding diaryl/α,β-unsaturated/α-hetero) is 1. The second-order valence-electron chi connectivity index (χ2n) is 5.45. The molecule has 0 saturated heterocycles. The number of ketones is 1. The third-order valence-electron chi connectivity index (χ3n) is 4.01. The van der Waals surface area contributed by atoms with Gasteiger partial charge in [0, 0.05) is 11.5 Å². The third-order valence-corrected chi connectivity index (χ3v) is 4.01. The van der Waals surface area contributed by atoms with Gasteiger partial charge in [0.05, 0.1) is 7.11 Å². The van der Waals surface area contributed by atoms with Gasteiger partial charge in [0.25, 0.3) is 0 Å². The normalized spacial score (nSPS) is 20.5. The molecule has 3 rings (SSSR count). The fourth-order valence-electron chi connectivity index (χ4n) is 2.64. The number of methoxy groups -OCH3 is 1. The second kappa shape index (κ2) is 5.12. The lowest BCUT2D eigenvalue weighted by Crippen LogP contribution is -2.03.